The number of hydrogen-bond acceptors (Lipinski definition) is 3. The molecule has 1 aromatic rings. The van der Waals surface area contributed by atoms with Crippen LogP contribution < -0.4 is 5.32 Å². The van der Waals surface area contributed by atoms with Crippen LogP contribution in [-0.4, -0.2) is 32.5 Å². The Hall–Kier alpha value is -0.770. The Bertz CT molecular complexity index is 309. The summed E-state index contributed by atoms with van der Waals surface area (Å²) in [7, 11) is 0. The number of ether oxygens (including phenoxy) is 2. The van der Waals surface area contributed by atoms with Gasteiger partial charge in [-0.3, -0.25) is 0 Å². The first-order valence-electron chi connectivity index (χ1n) is 5.53. The summed E-state index contributed by atoms with van der Waals surface area (Å²) in [5, 5.41) is 4.03. The van der Waals surface area contributed by atoms with Gasteiger partial charge in [-0.15, -0.1) is 0 Å². The minimum Gasteiger partial charge on any atom is -0.383 e. The van der Waals surface area contributed by atoms with Crippen LogP contribution in [0, 0.1) is 0 Å². The predicted molar refractivity (Wildman–Crippen MR) is 65.1 cm³/mol. The molecule has 2 rings (SSSR count). The van der Waals surface area contributed by atoms with Gasteiger partial charge in [-0.05, 0) is 30.7 Å². The zero-order valence-electron chi connectivity index (χ0n) is 9.12. The third-order valence-electron chi connectivity index (χ3n) is 2.52. The van der Waals surface area contributed by atoms with E-state index < -0.39 is 0 Å². The fourth-order valence-electron chi connectivity index (χ4n) is 1.63. The highest BCUT2D eigenvalue weighted by atomic mass is 35.5. The SMILES string of the molecule is Clc1ccc(NCCOC2CCOC2)cc1. The van der Waals surface area contributed by atoms with Gasteiger partial charge in [0.2, 0.25) is 0 Å². The van der Waals surface area contributed by atoms with Crippen molar-refractivity contribution in [3.63, 3.8) is 0 Å². The molecule has 1 aliphatic heterocycles. The fraction of sp³-hybridized carbons (Fsp3) is 0.500. The molecule has 0 aliphatic carbocycles. The molecular weight excluding hydrogens is 226 g/mol. The lowest BCUT2D eigenvalue weighted by Crippen LogP contribution is -2.17. The van der Waals surface area contributed by atoms with Gasteiger partial charge >= 0.3 is 0 Å². The predicted octanol–water partition coefficient (Wildman–Crippen LogP) is 2.56. The maximum absolute atomic E-state index is 5.79. The number of hydrogen-bond donors (Lipinski definition) is 1. The molecule has 0 aromatic heterocycles. The van der Waals surface area contributed by atoms with Gasteiger partial charge in [-0.2, -0.15) is 0 Å². The van der Waals surface area contributed by atoms with Gasteiger partial charge in [0.05, 0.1) is 19.3 Å². The topological polar surface area (TPSA) is 30.5 Å². The van der Waals surface area contributed by atoms with E-state index in [2.05, 4.69) is 5.32 Å². The normalized spacial score (nSPS) is 19.9. The molecular formula is C12H16ClNO2. The Balaban J connectivity index is 1.62. The first-order chi connectivity index (χ1) is 7.84. The van der Waals surface area contributed by atoms with Crippen molar-refractivity contribution in [3.8, 4) is 0 Å². The first kappa shape index (κ1) is 11.7. The zero-order valence-corrected chi connectivity index (χ0v) is 9.87. The van der Waals surface area contributed by atoms with Crippen LogP contribution in [0.2, 0.25) is 5.02 Å². The third kappa shape index (κ3) is 3.67. The molecule has 1 aliphatic rings. The van der Waals surface area contributed by atoms with E-state index in [1.165, 1.54) is 0 Å². The monoisotopic (exact) mass is 241 g/mol. The Morgan fingerprint density at radius 1 is 1.38 bits per heavy atom. The zero-order chi connectivity index (χ0) is 11.2. The maximum Gasteiger partial charge on any atom is 0.0831 e. The van der Waals surface area contributed by atoms with E-state index in [1.54, 1.807) is 0 Å². The number of benzene rings is 1. The molecule has 0 bridgehead atoms. The Morgan fingerprint density at radius 3 is 2.88 bits per heavy atom. The van der Waals surface area contributed by atoms with Crippen molar-refractivity contribution in [2.45, 2.75) is 12.5 Å². The summed E-state index contributed by atoms with van der Waals surface area (Å²) in [5.41, 5.74) is 1.07. The Kier molecular flexibility index (Phi) is 4.45. The van der Waals surface area contributed by atoms with Gasteiger partial charge in [0, 0.05) is 23.9 Å². The van der Waals surface area contributed by atoms with Crippen LogP contribution in [0.25, 0.3) is 0 Å². The van der Waals surface area contributed by atoms with Gasteiger partial charge in [0.1, 0.15) is 0 Å². The molecule has 16 heavy (non-hydrogen) atoms. The summed E-state index contributed by atoms with van der Waals surface area (Å²) in [6.45, 7) is 3.07. The maximum atomic E-state index is 5.79. The smallest absolute Gasteiger partial charge is 0.0831 e. The van der Waals surface area contributed by atoms with Crippen molar-refractivity contribution in [2.24, 2.45) is 0 Å². The fourth-order valence-corrected chi connectivity index (χ4v) is 1.76. The number of anilines is 1. The summed E-state index contributed by atoms with van der Waals surface area (Å²) in [6, 6.07) is 7.66. The molecule has 1 unspecified atom stereocenters. The van der Waals surface area contributed by atoms with E-state index in [9.17, 15) is 0 Å². The minimum atomic E-state index is 0.284. The Labute approximate surface area is 101 Å². The molecule has 1 heterocycles. The highest BCUT2D eigenvalue weighted by molar-refractivity contribution is 6.30. The van der Waals surface area contributed by atoms with Crippen LogP contribution in [0.4, 0.5) is 5.69 Å². The average Bonchev–Trinajstić information content (AvgIpc) is 2.80. The van der Waals surface area contributed by atoms with Crippen LogP contribution in [0.3, 0.4) is 0 Å². The van der Waals surface area contributed by atoms with Crippen molar-refractivity contribution in [1.29, 1.82) is 0 Å². The summed E-state index contributed by atoms with van der Waals surface area (Å²) >= 11 is 5.79. The molecule has 88 valence electrons. The summed E-state index contributed by atoms with van der Waals surface area (Å²) in [4.78, 5) is 0. The molecule has 0 spiro atoms. The van der Waals surface area contributed by atoms with Crippen LogP contribution in [0.5, 0.6) is 0 Å². The minimum absolute atomic E-state index is 0.284. The number of rotatable bonds is 5. The van der Waals surface area contributed by atoms with E-state index in [1.807, 2.05) is 24.3 Å². The molecule has 3 nitrogen and oxygen atoms in total. The Morgan fingerprint density at radius 2 is 2.19 bits per heavy atom. The molecule has 0 radical (unpaired) electrons. The molecule has 1 atom stereocenters. The van der Waals surface area contributed by atoms with Crippen molar-refractivity contribution >= 4 is 17.3 Å². The van der Waals surface area contributed by atoms with Gasteiger partial charge in [-0.25, -0.2) is 0 Å². The van der Waals surface area contributed by atoms with Crippen molar-refractivity contribution in [2.75, 3.05) is 31.7 Å². The largest absolute Gasteiger partial charge is 0.383 e. The standard InChI is InChI=1S/C12H16ClNO2/c13-10-1-3-11(4-2-10)14-6-8-16-12-5-7-15-9-12/h1-4,12,14H,5-9H2. The molecule has 1 N–H and O–H groups in total. The lowest BCUT2D eigenvalue weighted by atomic mass is 10.3. The second-order valence-corrected chi connectivity index (χ2v) is 4.23. The van der Waals surface area contributed by atoms with Gasteiger partial charge in [-0.1, -0.05) is 11.6 Å². The van der Waals surface area contributed by atoms with Gasteiger partial charge in [0.25, 0.3) is 0 Å². The van der Waals surface area contributed by atoms with Gasteiger partial charge in [0.15, 0.2) is 0 Å². The lowest BCUT2D eigenvalue weighted by Gasteiger charge is -2.11. The van der Waals surface area contributed by atoms with E-state index >= 15 is 0 Å². The van der Waals surface area contributed by atoms with E-state index in [0.717, 1.165) is 36.9 Å². The summed E-state index contributed by atoms with van der Waals surface area (Å²) in [5.74, 6) is 0. The van der Waals surface area contributed by atoms with Crippen molar-refractivity contribution in [3.05, 3.63) is 29.3 Å². The van der Waals surface area contributed by atoms with Crippen molar-refractivity contribution in [1.82, 2.24) is 0 Å². The molecule has 4 heteroatoms. The van der Waals surface area contributed by atoms with Crippen molar-refractivity contribution < 1.29 is 9.47 Å². The second-order valence-electron chi connectivity index (χ2n) is 3.79. The summed E-state index contributed by atoms with van der Waals surface area (Å²) in [6.07, 6.45) is 1.30. The molecule has 1 saturated heterocycles. The highest BCUT2D eigenvalue weighted by Gasteiger charge is 2.15. The third-order valence-corrected chi connectivity index (χ3v) is 2.77. The number of halogens is 1. The van der Waals surface area contributed by atoms with E-state index in [-0.39, 0.29) is 6.10 Å². The lowest BCUT2D eigenvalue weighted by molar-refractivity contribution is 0.0489. The molecule has 0 saturated carbocycles. The first-order valence-corrected chi connectivity index (χ1v) is 5.91. The average molecular weight is 242 g/mol. The van der Waals surface area contributed by atoms with Crippen LogP contribution in [-0.2, 0) is 9.47 Å². The van der Waals surface area contributed by atoms with Crippen LogP contribution >= 0.6 is 11.6 Å². The van der Waals surface area contributed by atoms with E-state index in [4.69, 9.17) is 21.1 Å². The van der Waals surface area contributed by atoms with Crippen LogP contribution in [0.15, 0.2) is 24.3 Å². The van der Waals surface area contributed by atoms with Gasteiger partial charge < -0.3 is 14.8 Å². The van der Waals surface area contributed by atoms with Crippen LogP contribution in [0.1, 0.15) is 6.42 Å². The molecule has 1 aromatic carbocycles. The molecule has 0 amide bonds. The summed E-state index contributed by atoms with van der Waals surface area (Å²) < 4.78 is 10.9. The second kappa shape index (κ2) is 6.09. The number of nitrogens with one attached hydrogen (secondary N) is 1. The van der Waals surface area contributed by atoms with E-state index in [0.29, 0.717) is 6.61 Å². The molecule has 1 fully saturated rings. The quantitative estimate of drug-likeness (QED) is 0.804. The highest BCUT2D eigenvalue weighted by Crippen LogP contribution is 2.13.